The predicted molar refractivity (Wildman–Crippen MR) is 112 cm³/mol. The van der Waals surface area contributed by atoms with Gasteiger partial charge < -0.3 is 20.3 Å². The van der Waals surface area contributed by atoms with Crippen LogP contribution in [0.15, 0.2) is 60.7 Å². The molecule has 3 aromatic carbocycles. The topological polar surface area (TPSA) is 70.7 Å². The zero-order valence-corrected chi connectivity index (χ0v) is 16.2. The first-order valence-electron chi connectivity index (χ1n) is 8.92. The molecule has 3 amide bonds. The fraction of sp³-hybridized carbons (Fsp3) is 0.182. The molecule has 0 unspecified atom stereocenters. The number of carbonyl (C=O) groups excluding carboxylic acids is 2. The summed E-state index contributed by atoms with van der Waals surface area (Å²) >= 11 is 0. The Kier molecular flexibility index (Phi) is 5.79. The second kappa shape index (κ2) is 8.43. The monoisotopic (exact) mass is 377 g/mol. The molecule has 0 aliphatic carbocycles. The van der Waals surface area contributed by atoms with Crippen LogP contribution < -0.4 is 20.3 Å². The van der Waals surface area contributed by atoms with Gasteiger partial charge in [-0.3, -0.25) is 4.79 Å². The Labute approximate surface area is 164 Å². The van der Waals surface area contributed by atoms with Gasteiger partial charge in [-0.25, -0.2) is 4.79 Å². The van der Waals surface area contributed by atoms with E-state index < -0.39 is 0 Å². The van der Waals surface area contributed by atoms with Gasteiger partial charge >= 0.3 is 6.03 Å². The van der Waals surface area contributed by atoms with Crippen molar-refractivity contribution in [2.45, 2.75) is 13.5 Å². The summed E-state index contributed by atoms with van der Waals surface area (Å²) in [6, 6.07) is 18.7. The molecule has 0 aromatic heterocycles. The second-order valence-corrected chi connectivity index (χ2v) is 6.48. The van der Waals surface area contributed by atoms with Crippen LogP contribution in [0.2, 0.25) is 0 Å². The third-order valence-electron chi connectivity index (χ3n) is 4.55. The van der Waals surface area contributed by atoms with Crippen LogP contribution in [-0.2, 0) is 11.3 Å². The van der Waals surface area contributed by atoms with Gasteiger partial charge in [-0.15, -0.1) is 0 Å². The highest BCUT2D eigenvalue weighted by Crippen LogP contribution is 2.22. The molecule has 0 fully saturated rings. The molecule has 0 aliphatic rings. The van der Waals surface area contributed by atoms with Crippen molar-refractivity contribution in [3.63, 3.8) is 0 Å². The van der Waals surface area contributed by atoms with Crippen molar-refractivity contribution in [1.29, 1.82) is 0 Å². The molecule has 28 heavy (non-hydrogen) atoms. The standard InChI is InChI=1S/C22H23N3O3/c1-15(26)25(2)20-9-7-19(8-10-20)24-22(27)23-14-16-4-5-18-13-21(28-3)11-6-17(18)12-16/h4-13H,14H2,1-3H3,(H2,23,24,27). The van der Waals surface area contributed by atoms with Crippen LogP contribution in [0.3, 0.4) is 0 Å². The van der Waals surface area contributed by atoms with E-state index in [0.717, 1.165) is 27.8 Å². The highest BCUT2D eigenvalue weighted by Gasteiger charge is 2.07. The summed E-state index contributed by atoms with van der Waals surface area (Å²) in [6.45, 7) is 1.92. The fourth-order valence-electron chi connectivity index (χ4n) is 2.82. The van der Waals surface area contributed by atoms with Crippen LogP contribution in [0.25, 0.3) is 10.8 Å². The average molecular weight is 377 g/mol. The normalized spacial score (nSPS) is 10.4. The van der Waals surface area contributed by atoms with Crippen molar-refractivity contribution in [2.24, 2.45) is 0 Å². The molecule has 3 aromatic rings. The maximum absolute atomic E-state index is 12.2. The lowest BCUT2D eigenvalue weighted by molar-refractivity contribution is -0.116. The SMILES string of the molecule is COc1ccc2cc(CNC(=O)Nc3ccc(N(C)C(C)=O)cc3)ccc2c1. The summed E-state index contributed by atoms with van der Waals surface area (Å²) in [7, 11) is 3.35. The number of nitrogens with zero attached hydrogens (tertiary/aromatic N) is 1. The number of urea groups is 1. The van der Waals surface area contributed by atoms with Gasteiger partial charge in [-0.1, -0.05) is 18.2 Å². The maximum Gasteiger partial charge on any atom is 0.319 e. The Bertz CT molecular complexity index is 1000. The number of ether oxygens (including phenoxy) is 1. The van der Waals surface area contributed by atoms with Gasteiger partial charge in [0, 0.05) is 31.9 Å². The molecule has 0 spiro atoms. The van der Waals surface area contributed by atoms with E-state index in [0.29, 0.717) is 12.2 Å². The van der Waals surface area contributed by atoms with Crippen LogP contribution in [0.5, 0.6) is 5.75 Å². The first kappa shape index (κ1) is 19.2. The molecule has 144 valence electrons. The Hall–Kier alpha value is -3.54. The first-order valence-corrected chi connectivity index (χ1v) is 8.92. The van der Waals surface area contributed by atoms with Crippen molar-refractivity contribution < 1.29 is 14.3 Å². The molecule has 0 atom stereocenters. The van der Waals surface area contributed by atoms with Crippen LogP contribution in [0, 0.1) is 0 Å². The zero-order valence-electron chi connectivity index (χ0n) is 16.2. The molecule has 2 N–H and O–H groups in total. The van der Waals surface area contributed by atoms with E-state index in [9.17, 15) is 9.59 Å². The molecule has 0 heterocycles. The number of nitrogens with one attached hydrogen (secondary N) is 2. The van der Waals surface area contributed by atoms with Gasteiger partial charge in [0.1, 0.15) is 5.75 Å². The number of rotatable bonds is 5. The number of amides is 3. The Balaban J connectivity index is 1.58. The summed E-state index contributed by atoms with van der Waals surface area (Å²) in [5, 5.41) is 7.82. The molecule has 3 rings (SSSR count). The minimum atomic E-state index is -0.289. The van der Waals surface area contributed by atoms with E-state index >= 15 is 0 Å². The molecule has 6 nitrogen and oxygen atoms in total. The van der Waals surface area contributed by atoms with E-state index in [-0.39, 0.29) is 11.9 Å². The van der Waals surface area contributed by atoms with Gasteiger partial charge in [0.05, 0.1) is 7.11 Å². The largest absolute Gasteiger partial charge is 0.497 e. The summed E-state index contributed by atoms with van der Waals surface area (Å²) < 4.78 is 5.24. The smallest absolute Gasteiger partial charge is 0.319 e. The van der Waals surface area contributed by atoms with Crippen LogP contribution in [0.4, 0.5) is 16.2 Å². The summed E-state index contributed by atoms with van der Waals surface area (Å²) in [6.07, 6.45) is 0. The van der Waals surface area contributed by atoms with Gasteiger partial charge in [0.15, 0.2) is 0 Å². The van der Waals surface area contributed by atoms with Crippen molar-refractivity contribution >= 4 is 34.1 Å². The zero-order chi connectivity index (χ0) is 20.1. The molecule has 0 saturated heterocycles. The lowest BCUT2D eigenvalue weighted by atomic mass is 10.1. The minimum absolute atomic E-state index is 0.0488. The van der Waals surface area contributed by atoms with Gasteiger partial charge in [0.2, 0.25) is 5.91 Å². The Morgan fingerprint density at radius 3 is 2.32 bits per heavy atom. The minimum Gasteiger partial charge on any atom is -0.497 e. The van der Waals surface area contributed by atoms with Gasteiger partial charge in [0.25, 0.3) is 0 Å². The van der Waals surface area contributed by atoms with E-state index in [1.165, 1.54) is 6.92 Å². The van der Waals surface area contributed by atoms with Crippen molar-refractivity contribution in [1.82, 2.24) is 5.32 Å². The van der Waals surface area contributed by atoms with E-state index in [4.69, 9.17) is 4.74 Å². The number of benzene rings is 3. The van der Waals surface area contributed by atoms with E-state index in [1.807, 2.05) is 36.4 Å². The van der Waals surface area contributed by atoms with Gasteiger partial charge in [-0.2, -0.15) is 0 Å². The average Bonchev–Trinajstić information content (AvgIpc) is 2.71. The maximum atomic E-state index is 12.2. The van der Waals surface area contributed by atoms with Crippen LogP contribution >= 0.6 is 0 Å². The number of fused-ring (bicyclic) bond motifs is 1. The molecule has 0 saturated carbocycles. The van der Waals surface area contributed by atoms with E-state index in [1.54, 1.807) is 43.3 Å². The second-order valence-electron chi connectivity index (χ2n) is 6.48. The lowest BCUT2D eigenvalue weighted by Crippen LogP contribution is -2.28. The number of anilines is 2. The van der Waals surface area contributed by atoms with Crippen molar-refractivity contribution in [3.05, 3.63) is 66.2 Å². The Morgan fingerprint density at radius 1 is 0.964 bits per heavy atom. The molecular weight excluding hydrogens is 354 g/mol. The lowest BCUT2D eigenvalue weighted by Gasteiger charge is -2.15. The number of hydrogen-bond donors (Lipinski definition) is 2. The molecule has 0 radical (unpaired) electrons. The predicted octanol–water partition coefficient (Wildman–Crippen LogP) is 4.15. The highest BCUT2D eigenvalue weighted by atomic mass is 16.5. The third-order valence-corrected chi connectivity index (χ3v) is 4.55. The summed E-state index contributed by atoms with van der Waals surface area (Å²) in [5.74, 6) is 0.769. The molecule has 6 heteroatoms. The first-order chi connectivity index (χ1) is 13.5. The summed E-state index contributed by atoms with van der Waals surface area (Å²) in [4.78, 5) is 25.1. The number of hydrogen-bond acceptors (Lipinski definition) is 3. The highest BCUT2D eigenvalue weighted by molar-refractivity contribution is 5.92. The fourth-order valence-corrected chi connectivity index (χ4v) is 2.82. The van der Waals surface area contributed by atoms with Crippen LogP contribution in [0.1, 0.15) is 12.5 Å². The van der Waals surface area contributed by atoms with Gasteiger partial charge in [-0.05, 0) is 58.8 Å². The Morgan fingerprint density at radius 2 is 1.64 bits per heavy atom. The van der Waals surface area contributed by atoms with Crippen molar-refractivity contribution in [2.75, 3.05) is 24.4 Å². The van der Waals surface area contributed by atoms with Crippen LogP contribution in [-0.4, -0.2) is 26.1 Å². The molecule has 0 aliphatic heterocycles. The van der Waals surface area contributed by atoms with Crippen molar-refractivity contribution in [3.8, 4) is 5.75 Å². The van der Waals surface area contributed by atoms with E-state index in [2.05, 4.69) is 10.6 Å². The molecule has 0 bridgehead atoms. The quantitative estimate of drug-likeness (QED) is 0.702. The number of carbonyl (C=O) groups is 2. The third kappa shape index (κ3) is 4.59. The molecular formula is C22H23N3O3. The summed E-state index contributed by atoms with van der Waals surface area (Å²) in [5.41, 5.74) is 2.43. The number of methoxy groups -OCH3 is 1.